The van der Waals surface area contributed by atoms with Crippen LogP contribution in [0.4, 0.5) is 0 Å². The van der Waals surface area contributed by atoms with Crippen LogP contribution in [0.3, 0.4) is 0 Å². The molecular weight excluding hydrogens is 772 g/mol. The molecule has 338 valence electrons. The lowest BCUT2D eigenvalue weighted by molar-refractivity contribution is -0.384. The van der Waals surface area contributed by atoms with Crippen LogP contribution in [0, 0.1) is 50.7 Å². The summed E-state index contributed by atoms with van der Waals surface area (Å²) in [5, 5.41) is 99.1. The highest BCUT2D eigenvalue weighted by Gasteiger charge is 2.87. The first-order chi connectivity index (χ1) is 27.4. The summed E-state index contributed by atoms with van der Waals surface area (Å²) in [4.78, 5) is 12.4. The molecule has 0 aromatic carbocycles. The second-order valence-corrected chi connectivity index (χ2v) is 21.6. The van der Waals surface area contributed by atoms with Crippen LogP contribution in [0.1, 0.15) is 107 Å². The molecule has 8 rings (SSSR count). The molecule has 9 N–H and O–H groups in total. The van der Waals surface area contributed by atoms with E-state index in [0.717, 1.165) is 38.5 Å². The van der Waals surface area contributed by atoms with Gasteiger partial charge >= 0.3 is 5.97 Å². The molecule has 0 aromatic rings. The Morgan fingerprint density at radius 2 is 1.49 bits per heavy atom. The molecule has 5 aliphatic carbocycles. The van der Waals surface area contributed by atoms with Crippen molar-refractivity contribution in [2.75, 3.05) is 13.2 Å². The Morgan fingerprint density at radius 1 is 0.847 bits per heavy atom. The fraction of sp³-hybridized carbons (Fsp3) is 0.977. The number of hydrogen-bond acceptors (Lipinski definition) is 16. The van der Waals surface area contributed by atoms with Crippen LogP contribution in [0.2, 0.25) is 0 Å². The number of aliphatic hydroxyl groups excluding tert-OH is 7. The van der Waals surface area contributed by atoms with E-state index in [2.05, 4.69) is 27.7 Å². The quantitative estimate of drug-likeness (QED) is 0.119. The minimum absolute atomic E-state index is 0.0179. The van der Waals surface area contributed by atoms with Gasteiger partial charge in [-0.2, -0.15) is 0 Å². The molecular formula is C43H70O16. The zero-order valence-corrected chi connectivity index (χ0v) is 35.8. The van der Waals surface area contributed by atoms with Gasteiger partial charge in [0.15, 0.2) is 24.5 Å². The molecule has 0 unspecified atom stereocenters. The lowest BCUT2D eigenvalue weighted by Gasteiger charge is -2.64. The smallest absolute Gasteiger partial charge is 0.303 e. The maximum atomic E-state index is 13.5. The van der Waals surface area contributed by atoms with E-state index in [9.17, 15) is 50.8 Å². The molecule has 5 saturated carbocycles. The van der Waals surface area contributed by atoms with Gasteiger partial charge in [-0.25, -0.2) is 0 Å². The third-order valence-electron chi connectivity index (χ3n) is 18.0. The molecule has 8 aliphatic rings. The predicted molar refractivity (Wildman–Crippen MR) is 204 cm³/mol. The fourth-order valence-corrected chi connectivity index (χ4v) is 15.3. The third kappa shape index (κ3) is 6.16. The summed E-state index contributed by atoms with van der Waals surface area (Å²) < 4.78 is 37.6. The van der Waals surface area contributed by atoms with Gasteiger partial charge < -0.3 is 74.4 Å². The molecule has 3 heterocycles. The maximum Gasteiger partial charge on any atom is 0.303 e. The summed E-state index contributed by atoms with van der Waals surface area (Å²) in [6, 6.07) is 0. The minimum atomic E-state index is -2.07. The van der Waals surface area contributed by atoms with Crippen LogP contribution in [0.15, 0.2) is 0 Å². The monoisotopic (exact) mass is 842 g/mol. The lowest BCUT2D eigenvalue weighted by Crippen LogP contribution is -2.65. The molecule has 8 fully saturated rings. The first kappa shape index (κ1) is 44.5. The zero-order valence-electron chi connectivity index (χ0n) is 35.8. The van der Waals surface area contributed by atoms with Gasteiger partial charge in [0, 0.05) is 18.3 Å². The van der Waals surface area contributed by atoms with E-state index in [1.165, 1.54) is 20.8 Å². The van der Waals surface area contributed by atoms with E-state index in [1.807, 2.05) is 6.92 Å². The molecule has 22 atom stereocenters. The Bertz CT molecular complexity index is 1600. The molecule has 0 radical (unpaired) electrons. The first-order valence-electron chi connectivity index (χ1n) is 21.9. The number of rotatable bonds is 8. The highest BCUT2D eigenvalue weighted by molar-refractivity contribution is 5.66. The average molecular weight is 843 g/mol. The van der Waals surface area contributed by atoms with Gasteiger partial charge in [0.05, 0.1) is 24.9 Å². The van der Waals surface area contributed by atoms with E-state index >= 15 is 0 Å². The summed E-state index contributed by atoms with van der Waals surface area (Å²) in [6.07, 6.45) is -10.5. The van der Waals surface area contributed by atoms with E-state index in [1.54, 1.807) is 0 Å². The highest BCUT2D eigenvalue weighted by Crippen LogP contribution is 2.90. The fourth-order valence-electron chi connectivity index (χ4n) is 15.3. The van der Waals surface area contributed by atoms with Gasteiger partial charge in [0.25, 0.3) is 0 Å². The van der Waals surface area contributed by atoms with Crippen molar-refractivity contribution in [3.8, 4) is 0 Å². The molecule has 0 aromatic heterocycles. The van der Waals surface area contributed by atoms with E-state index in [4.69, 9.17) is 28.4 Å². The van der Waals surface area contributed by atoms with Crippen molar-refractivity contribution in [3.05, 3.63) is 0 Å². The summed E-state index contributed by atoms with van der Waals surface area (Å²) in [7, 11) is 0. The van der Waals surface area contributed by atoms with Crippen LogP contribution in [0.25, 0.3) is 0 Å². The Morgan fingerprint density at radius 3 is 2.14 bits per heavy atom. The number of hydrogen-bond donors (Lipinski definition) is 9. The normalized spacial score (nSPS) is 55.7. The molecule has 0 bridgehead atoms. The van der Waals surface area contributed by atoms with Crippen molar-refractivity contribution >= 4 is 5.97 Å². The summed E-state index contributed by atoms with van der Waals surface area (Å²) in [5.41, 5.74) is -3.61. The summed E-state index contributed by atoms with van der Waals surface area (Å²) in [6.45, 7) is 14.3. The molecule has 2 spiro atoms. The minimum Gasteiger partial charge on any atom is -0.457 e. The van der Waals surface area contributed by atoms with Crippen LogP contribution in [0.5, 0.6) is 0 Å². The number of esters is 1. The number of carbonyl (C=O) groups excluding carboxylic acids is 1. The van der Waals surface area contributed by atoms with E-state index < -0.39 is 114 Å². The Hall–Kier alpha value is -1.09. The van der Waals surface area contributed by atoms with Gasteiger partial charge in [-0.1, -0.05) is 34.6 Å². The Kier molecular flexibility index (Phi) is 10.9. The van der Waals surface area contributed by atoms with E-state index in [-0.39, 0.29) is 46.7 Å². The number of ether oxygens (including phenoxy) is 6. The highest BCUT2D eigenvalue weighted by atomic mass is 16.7. The van der Waals surface area contributed by atoms with Crippen LogP contribution >= 0.6 is 0 Å². The topological polar surface area (TPSA) is 255 Å². The predicted octanol–water partition coefficient (Wildman–Crippen LogP) is 0.471. The van der Waals surface area contributed by atoms with Gasteiger partial charge in [-0.15, -0.1) is 0 Å². The van der Waals surface area contributed by atoms with Crippen molar-refractivity contribution in [2.45, 2.75) is 198 Å². The average Bonchev–Trinajstić information content (AvgIpc) is 3.79. The van der Waals surface area contributed by atoms with Gasteiger partial charge in [0.1, 0.15) is 54.9 Å². The second kappa shape index (κ2) is 14.5. The number of carbonyl (C=O) groups is 1. The summed E-state index contributed by atoms with van der Waals surface area (Å²) in [5.74, 6) is -3.23. The molecule has 59 heavy (non-hydrogen) atoms. The molecule has 3 aliphatic heterocycles. The van der Waals surface area contributed by atoms with Crippen molar-refractivity contribution in [3.63, 3.8) is 0 Å². The Balaban J connectivity index is 1.17. The summed E-state index contributed by atoms with van der Waals surface area (Å²) >= 11 is 0. The second-order valence-electron chi connectivity index (χ2n) is 21.6. The lowest BCUT2D eigenvalue weighted by atomic mass is 9.41. The molecule has 16 heteroatoms. The zero-order chi connectivity index (χ0) is 43.2. The number of aliphatic hydroxyl groups is 9. The Labute approximate surface area is 346 Å². The first-order valence-corrected chi connectivity index (χ1v) is 21.9. The number of fused-ring (bicyclic) bond motifs is 4. The van der Waals surface area contributed by atoms with Gasteiger partial charge in [0.2, 0.25) is 0 Å². The molecule has 0 amide bonds. The van der Waals surface area contributed by atoms with Crippen molar-refractivity contribution in [1.82, 2.24) is 0 Å². The van der Waals surface area contributed by atoms with Crippen LogP contribution < -0.4 is 0 Å². The standard InChI is InChI=1S/C43H70O16/c1-19-15-22(33(38(5,6)52)55-20(2)45)59-43(53)32(19)39(7)13-14-42-18-41(42)12-11-26(57-34-30(50)27(47)21(46)17-54-34)37(3,4)24(41)9-10-25(42)40(39,8)36(43)58-35-31(51)29(49)28(48)23(16-44)56-35/h19,21-36,44,46-53H,9-18H2,1-8H3/t19-,21-,22-,23-,24+,25+,26+,27+,28-,29+,30-,31-,32-,33+,34+,35+,36-,39-,40-,41-,42+,43-/m1/s1. The van der Waals surface area contributed by atoms with Crippen molar-refractivity contribution in [2.24, 2.45) is 50.7 Å². The molecule has 16 nitrogen and oxygen atoms in total. The van der Waals surface area contributed by atoms with Crippen molar-refractivity contribution < 1.29 is 79.2 Å². The maximum absolute atomic E-state index is 13.5. The van der Waals surface area contributed by atoms with E-state index in [0.29, 0.717) is 12.8 Å². The van der Waals surface area contributed by atoms with Crippen LogP contribution in [-0.2, 0) is 33.2 Å². The van der Waals surface area contributed by atoms with Crippen LogP contribution in [-0.4, -0.2) is 156 Å². The van der Waals surface area contributed by atoms with Gasteiger partial charge in [-0.3, -0.25) is 4.79 Å². The molecule has 3 saturated heterocycles. The largest absolute Gasteiger partial charge is 0.457 e. The van der Waals surface area contributed by atoms with Crippen molar-refractivity contribution in [1.29, 1.82) is 0 Å². The SMILES string of the molecule is CC(=O)O[C@@H]([C@H]1C[C@@H](C)[C@H]2[C@@](O)(O1)[C@H](O[C@@H]1O[C@H](CO)[C@@H](O)[C@H](O)[C@H]1O)[C@@]1(C)[C@@H]3CC[C@H]4C(C)(C)[C@@H](O[C@@H]5OC[C@@H](O)[C@H](O)[C@H]5O)CC[C@@]45C[C@@]35CC[C@]21C)C(C)(C)O. The third-order valence-corrected chi connectivity index (χ3v) is 18.0. The van der Waals surface area contributed by atoms with Gasteiger partial charge in [-0.05, 0) is 105 Å².